The molecule has 0 aromatic carbocycles. The lowest BCUT2D eigenvalue weighted by Gasteiger charge is -2.29. The number of pyridine rings is 2. The largest absolute Gasteiger partial charge is 0.479 e. The molecule has 1 saturated heterocycles. The number of aliphatic hydroxyl groups is 1. The number of hydrogen-bond donors (Lipinski definition) is 1. The smallest absolute Gasteiger partial charge is 0.179 e. The minimum Gasteiger partial charge on any atom is -0.479 e. The molecule has 0 spiro atoms. The van der Waals surface area contributed by atoms with Gasteiger partial charge in [0.25, 0.3) is 0 Å². The quantitative estimate of drug-likeness (QED) is 0.363. The van der Waals surface area contributed by atoms with Crippen LogP contribution >= 0.6 is 11.6 Å². The molecule has 1 N–H and O–H groups in total. The molecule has 190 valence electrons. The average molecular weight is 523 g/mol. The molecular weight excluding hydrogens is 499 g/mol. The van der Waals surface area contributed by atoms with Crippen molar-refractivity contribution in [3.8, 4) is 23.2 Å². The Morgan fingerprint density at radius 2 is 2.03 bits per heavy atom. The first-order chi connectivity index (χ1) is 18.1. The maximum atomic E-state index is 13.4. The van der Waals surface area contributed by atoms with Gasteiger partial charge in [-0.1, -0.05) is 16.8 Å². The van der Waals surface area contributed by atoms with Crippen LogP contribution in [0.4, 0.5) is 4.39 Å². The third-order valence-electron chi connectivity index (χ3n) is 6.97. The zero-order chi connectivity index (χ0) is 25.5. The van der Waals surface area contributed by atoms with Gasteiger partial charge in [0, 0.05) is 30.8 Å². The average Bonchev–Trinajstić information content (AvgIpc) is 3.56. The molecule has 0 radical (unpaired) electrons. The summed E-state index contributed by atoms with van der Waals surface area (Å²) in [5.41, 5.74) is 3.52. The lowest BCUT2D eigenvalue weighted by atomic mass is 10.0. The predicted molar refractivity (Wildman–Crippen MR) is 131 cm³/mol. The maximum Gasteiger partial charge on any atom is 0.179 e. The van der Waals surface area contributed by atoms with E-state index in [9.17, 15) is 14.8 Å². The van der Waals surface area contributed by atoms with Crippen molar-refractivity contribution >= 4 is 17.1 Å². The zero-order valence-corrected chi connectivity index (χ0v) is 20.6. The molecule has 1 unspecified atom stereocenters. The van der Waals surface area contributed by atoms with Gasteiger partial charge in [0.15, 0.2) is 12.3 Å². The first-order valence-corrected chi connectivity index (χ1v) is 12.6. The van der Waals surface area contributed by atoms with E-state index in [2.05, 4.69) is 26.6 Å². The fourth-order valence-corrected chi connectivity index (χ4v) is 5.14. The van der Waals surface area contributed by atoms with E-state index in [-0.39, 0.29) is 12.6 Å². The molecular formula is C25H24ClFN8O2. The van der Waals surface area contributed by atoms with Crippen LogP contribution in [0.3, 0.4) is 0 Å². The fourth-order valence-electron chi connectivity index (χ4n) is 4.91. The maximum absolute atomic E-state index is 13.4. The van der Waals surface area contributed by atoms with Gasteiger partial charge >= 0.3 is 0 Å². The van der Waals surface area contributed by atoms with E-state index in [0.717, 1.165) is 48.8 Å². The van der Waals surface area contributed by atoms with Crippen molar-refractivity contribution in [1.82, 2.24) is 34.5 Å². The second kappa shape index (κ2) is 9.61. The van der Waals surface area contributed by atoms with E-state index < -0.39 is 11.9 Å². The van der Waals surface area contributed by atoms with Crippen LogP contribution in [0.15, 0.2) is 36.8 Å². The summed E-state index contributed by atoms with van der Waals surface area (Å²) < 4.78 is 23.3. The molecule has 1 aliphatic carbocycles. The monoisotopic (exact) mass is 522 g/mol. The topological polar surface area (TPSA) is 117 Å². The lowest BCUT2D eigenvalue weighted by Crippen LogP contribution is -2.32. The highest BCUT2D eigenvalue weighted by atomic mass is 35.5. The number of halogens is 2. The summed E-state index contributed by atoms with van der Waals surface area (Å²) in [5.74, 6) is 0.287. The van der Waals surface area contributed by atoms with Gasteiger partial charge in [0.05, 0.1) is 41.5 Å². The van der Waals surface area contributed by atoms with Crippen molar-refractivity contribution < 1.29 is 14.2 Å². The summed E-state index contributed by atoms with van der Waals surface area (Å²) >= 11 is 6.44. The van der Waals surface area contributed by atoms with Gasteiger partial charge in [0.1, 0.15) is 22.8 Å². The van der Waals surface area contributed by atoms with Crippen molar-refractivity contribution in [2.75, 3.05) is 19.7 Å². The molecule has 1 saturated carbocycles. The predicted octanol–water partition coefficient (Wildman–Crippen LogP) is 3.89. The van der Waals surface area contributed by atoms with Crippen LogP contribution in [0.1, 0.15) is 55.1 Å². The second-order valence-corrected chi connectivity index (χ2v) is 9.84. The van der Waals surface area contributed by atoms with E-state index in [1.807, 2.05) is 16.9 Å². The van der Waals surface area contributed by atoms with Gasteiger partial charge in [-0.2, -0.15) is 10.4 Å². The normalized spacial score (nSPS) is 17.2. The number of nitrogens with zero attached hydrogens (tertiary/aromatic N) is 8. The number of aliphatic hydroxyl groups excluding tert-OH is 1. The molecule has 37 heavy (non-hydrogen) atoms. The molecule has 5 heterocycles. The molecule has 1 aliphatic heterocycles. The Labute approximate surface area is 216 Å². The van der Waals surface area contributed by atoms with Crippen LogP contribution in [0, 0.1) is 17.3 Å². The van der Waals surface area contributed by atoms with Gasteiger partial charge in [-0.3, -0.25) is 4.98 Å². The molecule has 4 aromatic rings. The van der Waals surface area contributed by atoms with Crippen LogP contribution in [-0.2, 0) is 0 Å². The highest BCUT2D eigenvalue weighted by Gasteiger charge is 2.35. The summed E-state index contributed by atoms with van der Waals surface area (Å²) in [6, 6.07) is 4.76. The van der Waals surface area contributed by atoms with Crippen LogP contribution in [0.25, 0.3) is 16.8 Å². The SMILES string of the molecule is N#CN1CCC(n2nnc(-c3cc(OC(CO)c4ccc(F)cn4)c4c(Cl)cnn4c3)c2C2CC2)CC1. The van der Waals surface area contributed by atoms with E-state index in [4.69, 9.17) is 16.3 Å². The number of ether oxygens (including phenoxy) is 1. The van der Waals surface area contributed by atoms with Gasteiger partial charge in [-0.05, 0) is 43.9 Å². The lowest BCUT2D eigenvalue weighted by molar-refractivity contribution is 0.114. The van der Waals surface area contributed by atoms with Gasteiger partial charge in [-0.15, -0.1) is 5.10 Å². The summed E-state index contributed by atoms with van der Waals surface area (Å²) in [5, 5.41) is 33.1. The minimum absolute atomic E-state index is 0.184. The Kier molecular flexibility index (Phi) is 6.14. The summed E-state index contributed by atoms with van der Waals surface area (Å²) in [6.07, 6.45) is 9.65. The number of rotatable bonds is 7. The molecule has 6 rings (SSSR count). The van der Waals surface area contributed by atoms with E-state index >= 15 is 0 Å². The van der Waals surface area contributed by atoms with Crippen molar-refractivity contribution in [3.63, 3.8) is 0 Å². The van der Waals surface area contributed by atoms with E-state index in [1.54, 1.807) is 9.42 Å². The third kappa shape index (κ3) is 4.47. The van der Waals surface area contributed by atoms with Crippen LogP contribution in [0.5, 0.6) is 5.75 Å². The van der Waals surface area contributed by atoms with E-state index in [0.29, 0.717) is 41.0 Å². The van der Waals surface area contributed by atoms with Crippen molar-refractivity contribution in [2.45, 2.75) is 43.7 Å². The fraction of sp³-hybridized carbons (Fsp3) is 0.400. The van der Waals surface area contributed by atoms with E-state index in [1.165, 1.54) is 18.3 Å². The van der Waals surface area contributed by atoms with Gasteiger partial charge in [-0.25, -0.2) is 13.6 Å². The third-order valence-corrected chi connectivity index (χ3v) is 7.24. The summed E-state index contributed by atoms with van der Waals surface area (Å²) in [4.78, 5) is 5.84. The van der Waals surface area contributed by atoms with Crippen molar-refractivity contribution in [2.24, 2.45) is 0 Å². The Bertz CT molecular complexity index is 1470. The number of hydrogen-bond acceptors (Lipinski definition) is 8. The molecule has 12 heteroatoms. The zero-order valence-electron chi connectivity index (χ0n) is 19.8. The number of piperidine rings is 1. The highest BCUT2D eigenvalue weighted by Crippen LogP contribution is 2.46. The number of likely N-dealkylation sites (tertiary alicyclic amines) is 1. The minimum atomic E-state index is -0.838. The van der Waals surface area contributed by atoms with Gasteiger partial charge in [0.2, 0.25) is 0 Å². The molecule has 0 amide bonds. The molecule has 2 fully saturated rings. The number of aromatic nitrogens is 6. The highest BCUT2D eigenvalue weighted by molar-refractivity contribution is 6.34. The van der Waals surface area contributed by atoms with Crippen molar-refractivity contribution in [1.29, 1.82) is 5.26 Å². The molecule has 2 aliphatic rings. The Balaban J connectivity index is 1.39. The summed E-state index contributed by atoms with van der Waals surface area (Å²) in [6.45, 7) is 1.04. The Morgan fingerprint density at radius 3 is 2.70 bits per heavy atom. The molecule has 4 aromatic heterocycles. The van der Waals surface area contributed by atoms with Crippen LogP contribution in [0.2, 0.25) is 5.02 Å². The summed E-state index contributed by atoms with van der Waals surface area (Å²) in [7, 11) is 0. The van der Waals surface area contributed by atoms with Crippen LogP contribution < -0.4 is 4.74 Å². The first kappa shape index (κ1) is 23.6. The number of fused-ring (bicyclic) bond motifs is 1. The van der Waals surface area contributed by atoms with Gasteiger partial charge < -0.3 is 14.7 Å². The molecule has 0 bridgehead atoms. The standard InChI is InChI=1S/C25H24ClFN8O2/c26-19-11-30-34-12-16(9-21(25(19)34)37-22(13-36)20-4-3-17(27)10-29-20)23-24(15-1-2-15)35(32-31-23)18-5-7-33(14-28)8-6-18/h3-4,9-12,15,18,22,36H,1-2,5-8,13H2. The first-order valence-electron chi connectivity index (χ1n) is 12.2. The van der Waals surface area contributed by atoms with Crippen LogP contribution in [-0.4, -0.2) is 59.3 Å². The Hall–Kier alpha value is -3.75. The number of nitriles is 1. The Morgan fingerprint density at radius 1 is 1.22 bits per heavy atom. The molecule has 1 atom stereocenters. The molecule has 10 nitrogen and oxygen atoms in total. The second-order valence-electron chi connectivity index (χ2n) is 9.43. The van der Waals surface area contributed by atoms with Crippen molar-refractivity contribution in [3.05, 3.63) is 59.0 Å².